The van der Waals surface area contributed by atoms with Gasteiger partial charge in [0, 0.05) is 0 Å². The highest BCUT2D eigenvalue weighted by atomic mass is 35.5. The average Bonchev–Trinajstić information content (AvgIpc) is 2.33. The van der Waals surface area contributed by atoms with E-state index in [0.29, 0.717) is 0 Å². The number of halogens is 6. The van der Waals surface area contributed by atoms with Crippen LogP contribution in [0.5, 0.6) is 0 Å². The van der Waals surface area contributed by atoms with Crippen LogP contribution in [-0.4, -0.2) is 117 Å². The van der Waals surface area contributed by atoms with E-state index < -0.39 is 0 Å². The molecule has 18 heteroatoms. The Bertz CT molecular complexity index is 16.5. The first-order valence-electron chi connectivity index (χ1n) is 6.00. The molecule has 0 aliphatic heterocycles. The van der Waals surface area contributed by atoms with E-state index in [9.17, 15) is 0 Å². The van der Waals surface area contributed by atoms with Crippen LogP contribution in [0.15, 0.2) is 0 Å². The lowest BCUT2D eigenvalue weighted by Crippen LogP contribution is -1.38. The van der Waals surface area contributed by atoms with Gasteiger partial charge in [0.05, 0.1) is 0 Å². The van der Waals surface area contributed by atoms with E-state index in [2.05, 4.69) is 0 Å². The maximum Gasteiger partial charge on any atom is -0.0125 e. The van der Waals surface area contributed by atoms with Crippen molar-refractivity contribution in [3.63, 3.8) is 0 Å². The molecule has 0 atom stereocenters. The standard InChI is InChI=1S/6ClH.6H6Si2/c;;;;;;6*1-2/h6*1H;6*1-2H3. The smallest absolute Gasteiger partial charge is 0.0125 e. The van der Waals surface area contributed by atoms with Crippen molar-refractivity contribution in [2.75, 3.05) is 0 Å². The highest BCUT2D eigenvalue weighted by Crippen LogP contribution is 0.696. The molecule has 18 heavy (non-hydrogen) atoms. The van der Waals surface area contributed by atoms with Gasteiger partial charge in [0.15, 0.2) is 0 Å². The molecule has 0 amide bonds. The van der Waals surface area contributed by atoms with Crippen molar-refractivity contribution in [3.8, 4) is 0 Å². The third-order valence-corrected chi connectivity index (χ3v) is 0. The predicted octanol–water partition coefficient (Wildman–Crippen LogP) is -11.7. The van der Waals surface area contributed by atoms with Gasteiger partial charge >= 0.3 is 0 Å². The minimum atomic E-state index is 0. The molecule has 0 aromatic rings. The van der Waals surface area contributed by atoms with Gasteiger partial charge in [0.2, 0.25) is 0 Å². The highest BCUT2D eigenvalue weighted by Gasteiger charge is 0.998. The molecule has 0 nitrogen and oxygen atoms in total. The molecule has 0 aliphatic rings. The topological polar surface area (TPSA) is 0 Å². The minimum Gasteiger partial charge on any atom is -0.147 e. The zero-order valence-electron chi connectivity index (χ0n) is 14.4. The van der Waals surface area contributed by atoms with E-state index in [-0.39, 0.29) is 74.4 Å². The molecular formula is H42Cl6Si12. The first kappa shape index (κ1) is 95.1. The fourth-order valence-electron chi connectivity index (χ4n) is 0. The molecule has 0 radical (unpaired) electrons. The number of hydrogen-bond donors (Lipinski definition) is 0. The van der Waals surface area contributed by atoms with Crippen molar-refractivity contribution in [2.24, 2.45) is 0 Å². The molecule has 0 aromatic heterocycles. The molecule has 0 unspecified atom stereocenters. The number of rotatable bonds is 0. The zero-order valence-corrected chi connectivity index (χ0v) is 43.3. The Labute approximate surface area is 189 Å². The molecular weight excluding hydrogens is 550 g/mol. The van der Waals surface area contributed by atoms with Gasteiger partial charge < -0.3 is 0 Å². The van der Waals surface area contributed by atoms with Crippen molar-refractivity contribution in [1.29, 1.82) is 0 Å². The second kappa shape index (κ2) is 468. The van der Waals surface area contributed by atoms with E-state index in [4.69, 9.17) is 0 Å². The largest absolute Gasteiger partial charge is 0.147 e. The van der Waals surface area contributed by atoms with E-state index >= 15 is 0 Å². The van der Waals surface area contributed by atoms with E-state index in [1.807, 2.05) is 0 Å². The molecule has 0 saturated heterocycles. The van der Waals surface area contributed by atoms with Crippen LogP contribution in [-0.2, 0) is 0 Å². The Morgan fingerprint density at radius 1 is 0.167 bits per heavy atom. The van der Waals surface area contributed by atoms with Gasteiger partial charge in [-0.2, -0.15) is 0 Å². The molecule has 0 aliphatic carbocycles. The Morgan fingerprint density at radius 3 is 0.167 bits per heavy atom. The molecule has 0 spiro atoms. The van der Waals surface area contributed by atoms with Gasteiger partial charge in [-0.05, 0) is 117 Å². The van der Waals surface area contributed by atoms with Crippen LogP contribution in [0.2, 0.25) is 0 Å². The predicted molar refractivity (Wildman–Crippen MR) is 163 cm³/mol. The van der Waals surface area contributed by atoms with Gasteiger partial charge in [-0.1, -0.05) is 0 Å². The van der Waals surface area contributed by atoms with Crippen molar-refractivity contribution in [2.45, 2.75) is 0 Å². The highest BCUT2D eigenvalue weighted by molar-refractivity contribution is 6.76. The first-order chi connectivity index (χ1) is 6.00. The lowest BCUT2D eigenvalue weighted by atomic mass is 27.1. The average molecular weight is 592 g/mol. The summed E-state index contributed by atoms with van der Waals surface area (Å²) in [6.07, 6.45) is 0. The maximum atomic E-state index is 1.44. The minimum absolute atomic E-state index is 0. The van der Waals surface area contributed by atoms with E-state index in [1.54, 1.807) is 0 Å². The van der Waals surface area contributed by atoms with Crippen LogP contribution in [0.4, 0.5) is 0 Å². The summed E-state index contributed by atoms with van der Waals surface area (Å²) in [7, 11) is 17.3. The maximum absolute atomic E-state index is 1.44. The Balaban J connectivity index is -0.00000000225. The van der Waals surface area contributed by atoms with Crippen molar-refractivity contribution in [3.05, 3.63) is 0 Å². The third-order valence-electron chi connectivity index (χ3n) is 0. The van der Waals surface area contributed by atoms with Gasteiger partial charge in [-0.15, -0.1) is 74.4 Å². The van der Waals surface area contributed by atoms with Gasteiger partial charge in [-0.25, -0.2) is 0 Å². The Kier molecular flexibility index (Phi) is 2480. The third kappa shape index (κ3) is 404. The molecule has 0 fully saturated rings. The van der Waals surface area contributed by atoms with Crippen molar-refractivity contribution >= 4 is 192 Å². The second-order valence-electron chi connectivity index (χ2n) is 0. The molecule has 0 aromatic carbocycles. The summed E-state index contributed by atoms with van der Waals surface area (Å²) in [5, 5.41) is 0. The fourth-order valence-corrected chi connectivity index (χ4v) is 0. The molecule has 0 rings (SSSR count). The number of hydrogen-bond acceptors (Lipinski definition) is 0. The van der Waals surface area contributed by atoms with Crippen LogP contribution < -0.4 is 0 Å². The Hall–Kier alpha value is 4.34. The van der Waals surface area contributed by atoms with Crippen molar-refractivity contribution in [1.82, 2.24) is 0 Å². The van der Waals surface area contributed by atoms with Crippen LogP contribution >= 0.6 is 74.4 Å². The van der Waals surface area contributed by atoms with Gasteiger partial charge in [0.1, 0.15) is 0 Å². The molecule has 0 saturated carbocycles. The summed E-state index contributed by atoms with van der Waals surface area (Å²) in [5.74, 6) is 0. The lowest BCUT2D eigenvalue weighted by Gasteiger charge is -1.01. The van der Waals surface area contributed by atoms with Crippen LogP contribution in [0.1, 0.15) is 0 Å². The summed E-state index contributed by atoms with van der Waals surface area (Å²) in [4.78, 5) is 0. The lowest BCUT2D eigenvalue weighted by molar-refractivity contribution is 4.75. The van der Waals surface area contributed by atoms with Crippen molar-refractivity contribution < 1.29 is 0 Å². The summed E-state index contributed by atoms with van der Waals surface area (Å²) in [6.45, 7) is 0. The normalized spacial score (nSPS) is 4.00. The molecule has 0 heterocycles. The summed E-state index contributed by atoms with van der Waals surface area (Å²) in [6, 6.07) is 0. The zero-order chi connectivity index (χ0) is 12.0. The summed E-state index contributed by atoms with van der Waals surface area (Å²) in [5.41, 5.74) is 0. The molecule has 0 bridgehead atoms. The van der Waals surface area contributed by atoms with Crippen LogP contribution in [0.25, 0.3) is 0 Å². The summed E-state index contributed by atoms with van der Waals surface area (Å²) >= 11 is 0. The monoisotopic (exact) mass is 588 g/mol. The summed E-state index contributed by atoms with van der Waals surface area (Å²) < 4.78 is 0. The molecule has 0 N–H and O–H groups in total. The fraction of sp³-hybridized carbons (Fsp3) is 0. The van der Waals surface area contributed by atoms with Crippen LogP contribution in [0, 0.1) is 0 Å². The molecule has 132 valence electrons. The van der Waals surface area contributed by atoms with Crippen LogP contribution in [0.3, 0.4) is 0 Å². The van der Waals surface area contributed by atoms with Gasteiger partial charge in [-0.3, -0.25) is 0 Å². The second-order valence-corrected chi connectivity index (χ2v) is 0. The Morgan fingerprint density at radius 2 is 0.167 bits per heavy atom. The van der Waals surface area contributed by atoms with E-state index in [1.165, 1.54) is 117 Å². The van der Waals surface area contributed by atoms with Gasteiger partial charge in [0.25, 0.3) is 0 Å². The first-order valence-corrected chi connectivity index (χ1v) is 54.0. The SMILES string of the molecule is Cl.Cl.Cl.Cl.Cl.Cl.[SiH3][SiH3].[SiH3][SiH3].[SiH3][SiH3].[SiH3][SiH3].[SiH3][SiH3].[SiH3][SiH3]. The quantitative estimate of drug-likeness (QED) is 0.246. The van der Waals surface area contributed by atoms with E-state index in [0.717, 1.165) is 0 Å².